The first kappa shape index (κ1) is 10.8. The van der Waals surface area contributed by atoms with Crippen molar-refractivity contribution in [1.29, 1.82) is 0 Å². The lowest BCUT2D eigenvalue weighted by Gasteiger charge is -2.09. The minimum Gasteiger partial charge on any atom is -0.344 e. The molecule has 0 aliphatic rings. The van der Waals surface area contributed by atoms with Gasteiger partial charge in [0.25, 0.3) is 0 Å². The maximum atomic E-state index is 4.55. The Hall–Kier alpha value is -2.36. The second-order valence-corrected chi connectivity index (χ2v) is 4.22. The highest BCUT2D eigenvalue weighted by Gasteiger charge is 2.12. The first-order valence-electron chi connectivity index (χ1n) is 5.95. The van der Waals surface area contributed by atoms with Gasteiger partial charge in [0.2, 0.25) is 0 Å². The van der Waals surface area contributed by atoms with Crippen LogP contribution >= 0.6 is 0 Å². The number of nitrogens with zero attached hydrogens (tertiary/aromatic N) is 3. The van der Waals surface area contributed by atoms with E-state index < -0.39 is 0 Å². The van der Waals surface area contributed by atoms with Crippen molar-refractivity contribution in [2.75, 3.05) is 0 Å². The molecule has 0 amide bonds. The molecule has 1 N–H and O–H groups in total. The normalized spacial score (nSPS) is 12.5. The van der Waals surface area contributed by atoms with Crippen LogP contribution in [0.3, 0.4) is 0 Å². The quantitative estimate of drug-likeness (QED) is 0.762. The number of aromatic amines is 1. The van der Waals surface area contributed by atoms with Crippen LogP contribution in [-0.4, -0.2) is 19.7 Å². The number of benzene rings is 1. The molecular weight excluding hydrogens is 224 g/mol. The zero-order valence-electron chi connectivity index (χ0n) is 10.1. The second kappa shape index (κ2) is 4.49. The maximum Gasteiger partial charge on any atom is 0.181 e. The van der Waals surface area contributed by atoms with Gasteiger partial charge >= 0.3 is 0 Å². The third-order valence-corrected chi connectivity index (χ3v) is 3.01. The average molecular weight is 238 g/mol. The van der Waals surface area contributed by atoms with Gasteiger partial charge in [-0.25, -0.2) is 4.98 Å². The van der Waals surface area contributed by atoms with Crippen LogP contribution in [-0.2, 0) is 0 Å². The van der Waals surface area contributed by atoms with Gasteiger partial charge in [0.05, 0.1) is 6.04 Å². The minimum absolute atomic E-state index is 0.157. The van der Waals surface area contributed by atoms with Crippen LogP contribution in [0.15, 0.2) is 54.9 Å². The summed E-state index contributed by atoms with van der Waals surface area (Å²) in [7, 11) is 0. The van der Waals surface area contributed by atoms with Crippen LogP contribution in [0.5, 0.6) is 0 Å². The van der Waals surface area contributed by atoms with Gasteiger partial charge < -0.3 is 4.57 Å². The Morgan fingerprint density at radius 2 is 1.78 bits per heavy atom. The lowest BCUT2D eigenvalue weighted by molar-refractivity contribution is 0.605. The molecule has 0 radical (unpaired) electrons. The molecule has 4 nitrogen and oxygen atoms in total. The molecule has 0 saturated heterocycles. The molecule has 0 aliphatic carbocycles. The predicted octanol–water partition coefficient (Wildman–Crippen LogP) is 2.88. The fourth-order valence-corrected chi connectivity index (χ4v) is 1.92. The molecule has 0 bridgehead atoms. The van der Waals surface area contributed by atoms with E-state index >= 15 is 0 Å². The van der Waals surface area contributed by atoms with Crippen molar-refractivity contribution < 1.29 is 0 Å². The van der Waals surface area contributed by atoms with Gasteiger partial charge in [-0.15, -0.1) is 0 Å². The van der Waals surface area contributed by atoms with Crippen LogP contribution < -0.4 is 0 Å². The Labute approximate surface area is 105 Å². The van der Waals surface area contributed by atoms with Crippen molar-refractivity contribution in [3.05, 3.63) is 60.7 Å². The highest BCUT2D eigenvalue weighted by molar-refractivity contribution is 5.53. The molecule has 18 heavy (non-hydrogen) atoms. The third kappa shape index (κ3) is 1.93. The van der Waals surface area contributed by atoms with E-state index in [2.05, 4.69) is 26.7 Å². The molecule has 0 aliphatic heterocycles. The average Bonchev–Trinajstić information content (AvgIpc) is 3.10. The van der Waals surface area contributed by atoms with Crippen molar-refractivity contribution >= 4 is 0 Å². The lowest BCUT2D eigenvalue weighted by atomic mass is 10.2. The summed E-state index contributed by atoms with van der Waals surface area (Å²) >= 11 is 0. The van der Waals surface area contributed by atoms with E-state index in [1.165, 1.54) is 0 Å². The topological polar surface area (TPSA) is 46.5 Å². The summed E-state index contributed by atoms with van der Waals surface area (Å²) in [5.41, 5.74) is 1.03. The molecule has 90 valence electrons. The first-order valence-corrected chi connectivity index (χ1v) is 5.95. The van der Waals surface area contributed by atoms with Crippen LogP contribution in [0.1, 0.15) is 18.8 Å². The van der Waals surface area contributed by atoms with Crippen molar-refractivity contribution in [3.63, 3.8) is 0 Å². The number of aromatic nitrogens is 4. The van der Waals surface area contributed by atoms with Crippen LogP contribution in [0.2, 0.25) is 0 Å². The van der Waals surface area contributed by atoms with E-state index in [0.29, 0.717) is 0 Å². The zero-order chi connectivity index (χ0) is 12.4. The Kier molecular flexibility index (Phi) is 2.68. The maximum absolute atomic E-state index is 4.55. The summed E-state index contributed by atoms with van der Waals surface area (Å²) < 4.78 is 2.09. The van der Waals surface area contributed by atoms with Crippen molar-refractivity contribution in [1.82, 2.24) is 19.7 Å². The van der Waals surface area contributed by atoms with Crippen molar-refractivity contribution in [2.24, 2.45) is 0 Å². The van der Waals surface area contributed by atoms with Crippen LogP contribution in [0, 0.1) is 0 Å². The van der Waals surface area contributed by atoms with Gasteiger partial charge in [0, 0.05) is 18.0 Å². The molecule has 3 rings (SSSR count). The molecule has 0 saturated carbocycles. The SMILES string of the molecule is C[C@H](c1nc(-c2ccccc2)n[nH]1)n1cccc1. The molecule has 1 aromatic carbocycles. The van der Waals surface area contributed by atoms with Gasteiger partial charge in [-0.1, -0.05) is 30.3 Å². The van der Waals surface area contributed by atoms with Gasteiger partial charge in [-0.05, 0) is 19.1 Å². The largest absolute Gasteiger partial charge is 0.344 e. The summed E-state index contributed by atoms with van der Waals surface area (Å²) in [4.78, 5) is 4.55. The number of nitrogens with one attached hydrogen (secondary N) is 1. The smallest absolute Gasteiger partial charge is 0.181 e. The predicted molar refractivity (Wildman–Crippen MR) is 70.1 cm³/mol. The fraction of sp³-hybridized carbons (Fsp3) is 0.143. The van der Waals surface area contributed by atoms with E-state index in [-0.39, 0.29) is 6.04 Å². The number of H-pyrrole nitrogens is 1. The second-order valence-electron chi connectivity index (χ2n) is 4.22. The molecular formula is C14H14N4. The lowest BCUT2D eigenvalue weighted by Crippen LogP contribution is -2.05. The highest BCUT2D eigenvalue weighted by atomic mass is 15.2. The Balaban J connectivity index is 1.90. The monoisotopic (exact) mass is 238 g/mol. The molecule has 0 spiro atoms. The first-order chi connectivity index (χ1) is 8.84. The molecule has 0 unspecified atom stereocenters. The summed E-state index contributed by atoms with van der Waals surface area (Å²) in [6.07, 6.45) is 4.05. The number of hydrogen-bond donors (Lipinski definition) is 1. The summed E-state index contributed by atoms with van der Waals surface area (Å²) in [5, 5.41) is 7.28. The number of hydrogen-bond acceptors (Lipinski definition) is 2. The van der Waals surface area contributed by atoms with E-state index in [9.17, 15) is 0 Å². The third-order valence-electron chi connectivity index (χ3n) is 3.01. The highest BCUT2D eigenvalue weighted by Crippen LogP contribution is 2.18. The van der Waals surface area contributed by atoms with Gasteiger partial charge in [0.15, 0.2) is 5.82 Å². The molecule has 1 atom stereocenters. The van der Waals surface area contributed by atoms with Gasteiger partial charge in [-0.2, -0.15) is 5.10 Å². The van der Waals surface area contributed by atoms with Gasteiger partial charge in [0.1, 0.15) is 5.82 Å². The van der Waals surface area contributed by atoms with E-state index in [0.717, 1.165) is 17.2 Å². The van der Waals surface area contributed by atoms with Crippen molar-refractivity contribution in [3.8, 4) is 11.4 Å². The van der Waals surface area contributed by atoms with Gasteiger partial charge in [-0.3, -0.25) is 5.10 Å². The van der Waals surface area contributed by atoms with E-state index in [4.69, 9.17) is 0 Å². The van der Waals surface area contributed by atoms with Crippen LogP contribution in [0.25, 0.3) is 11.4 Å². The standard InChI is InChI=1S/C14H14N4/c1-11(18-9-5-6-10-18)13-15-14(17-16-13)12-7-3-2-4-8-12/h2-11H,1H3,(H,15,16,17)/t11-/m1/s1. The molecule has 3 aromatic rings. The summed E-state index contributed by atoms with van der Waals surface area (Å²) in [6, 6.07) is 14.1. The molecule has 4 heteroatoms. The molecule has 2 heterocycles. The Morgan fingerprint density at radius 3 is 2.50 bits per heavy atom. The number of rotatable bonds is 3. The van der Waals surface area contributed by atoms with Crippen LogP contribution in [0.4, 0.5) is 0 Å². The minimum atomic E-state index is 0.157. The Bertz CT molecular complexity index is 610. The molecule has 0 fully saturated rings. The zero-order valence-corrected chi connectivity index (χ0v) is 10.1. The van der Waals surface area contributed by atoms with E-state index in [1.54, 1.807) is 0 Å². The van der Waals surface area contributed by atoms with Crippen molar-refractivity contribution in [2.45, 2.75) is 13.0 Å². The Morgan fingerprint density at radius 1 is 1.06 bits per heavy atom. The summed E-state index contributed by atoms with van der Waals surface area (Å²) in [6.45, 7) is 2.09. The fourth-order valence-electron chi connectivity index (χ4n) is 1.92. The summed E-state index contributed by atoms with van der Waals surface area (Å²) in [5.74, 6) is 1.61. The van der Waals surface area contributed by atoms with E-state index in [1.807, 2.05) is 54.9 Å². The molecule has 2 aromatic heterocycles.